The van der Waals surface area contributed by atoms with Crippen LogP contribution in [-0.2, 0) is 10.0 Å². The third kappa shape index (κ3) is 3.11. The van der Waals surface area contributed by atoms with E-state index in [1.54, 1.807) is 31.4 Å². The Kier molecular flexibility index (Phi) is 3.97. The van der Waals surface area contributed by atoms with Gasteiger partial charge >= 0.3 is 0 Å². The predicted octanol–water partition coefficient (Wildman–Crippen LogP) is 1.66. The predicted molar refractivity (Wildman–Crippen MR) is 65.3 cm³/mol. The van der Waals surface area contributed by atoms with Gasteiger partial charge in [-0.15, -0.1) is 0 Å². The van der Waals surface area contributed by atoms with E-state index in [0.717, 1.165) is 5.56 Å². The summed E-state index contributed by atoms with van der Waals surface area (Å²) in [5, 5.41) is 7.50. The molecule has 1 rings (SSSR count). The van der Waals surface area contributed by atoms with Gasteiger partial charge in [-0.25, -0.2) is 8.42 Å². The summed E-state index contributed by atoms with van der Waals surface area (Å²) in [7, 11) is -2.11. The average molecular weight is 254 g/mol. The van der Waals surface area contributed by atoms with Crippen molar-refractivity contribution in [2.24, 2.45) is 0 Å². The largest absolute Gasteiger partial charge is 0.496 e. The molecule has 92 valence electrons. The van der Waals surface area contributed by atoms with Crippen LogP contribution in [0.15, 0.2) is 18.2 Å². The normalized spacial score (nSPS) is 12.6. The Balaban J connectivity index is 2.98. The lowest BCUT2D eigenvalue weighted by Crippen LogP contribution is -2.23. The summed E-state index contributed by atoms with van der Waals surface area (Å²) in [6, 6.07) is 6.60. The van der Waals surface area contributed by atoms with Crippen LogP contribution >= 0.6 is 0 Å². The minimum absolute atomic E-state index is 0.422. The maximum absolute atomic E-state index is 11.6. The molecule has 0 aliphatic rings. The molecule has 0 aliphatic carbocycles. The third-order valence-electron chi connectivity index (χ3n) is 2.30. The summed E-state index contributed by atoms with van der Waals surface area (Å²) >= 11 is 0. The van der Waals surface area contributed by atoms with Crippen molar-refractivity contribution in [3.05, 3.63) is 23.8 Å². The molecule has 17 heavy (non-hydrogen) atoms. The summed E-state index contributed by atoms with van der Waals surface area (Å²) < 4.78 is 30.7. The van der Waals surface area contributed by atoms with E-state index < -0.39 is 15.3 Å². The van der Waals surface area contributed by atoms with Gasteiger partial charge in [0.1, 0.15) is 5.75 Å². The first-order valence-electron chi connectivity index (χ1n) is 4.96. The van der Waals surface area contributed by atoms with Crippen molar-refractivity contribution in [3.8, 4) is 11.8 Å². The molecule has 5 nitrogen and oxygen atoms in total. The molecule has 1 atom stereocenters. The zero-order valence-electron chi connectivity index (χ0n) is 9.89. The molecule has 1 aromatic carbocycles. The Hall–Kier alpha value is -1.74. The number of nitrogens with zero attached hydrogens (tertiary/aromatic N) is 1. The fourth-order valence-corrected chi connectivity index (χ4v) is 2.04. The minimum atomic E-state index is -3.65. The molecule has 1 N–H and O–H groups in total. The van der Waals surface area contributed by atoms with Crippen LogP contribution in [0.1, 0.15) is 12.5 Å². The number of rotatable bonds is 4. The first kappa shape index (κ1) is 13.3. The Labute approximate surface area is 101 Å². The highest BCUT2D eigenvalue weighted by Gasteiger charge is 2.20. The number of hydrogen-bond donors (Lipinski definition) is 1. The molecular weight excluding hydrogens is 240 g/mol. The van der Waals surface area contributed by atoms with E-state index in [1.165, 1.54) is 6.92 Å². The molecule has 0 saturated carbocycles. The van der Waals surface area contributed by atoms with Gasteiger partial charge in [0.15, 0.2) is 5.25 Å². The molecule has 1 unspecified atom stereocenters. The second kappa shape index (κ2) is 5.06. The summed E-state index contributed by atoms with van der Waals surface area (Å²) in [4.78, 5) is 0. The van der Waals surface area contributed by atoms with Crippen LogP contribution in [0.4, 0.5) is 5.69 Å². The highest BCUT2D eigenvalue weighted by molar-refractivity contribution is 7.93. The van der Waals surface area contributed by atoms with E-state index in [1.807, 2.05) is 6.92 Å². The molecule has 6 heteroatoms. The smallest absolute Gasteiger partial charge is 0.248 e. The Morgan fingerprint density at radius 1 is 1.47 bits per heavy atom. The molecule has 0 fully saturated rings. The van der Waals surface area contributed by atoms with Crippen molar-refractivity contribution in [1.82, 2.24) is 0 Å². The topological polar surface area (TPSA) is 79.2 Å². The number of nitrogens with one attached hydrogen (secondary N) is 1. The highest BCUT2D eigenvalue weighted by atomic mass is 32.2. The highest BCUT2D eigenvalue weighted by Crippen LogP contribution is 2.22. The van der Waals surface area contributed by atoms with Crippen LogP contribution in [-0.4, -0.2) is 20.8 Å². The molecule has 0 saturated heterocycles. The number of nitriles is 1. The molecule has 0 aromatic heterocycles. The van der Waals surface area contributed by atoms with Crippen molar-refractivity contribution in [1.29, 1.82) is 5.26 Å². The number of methoxy groups -OCH3 is 1. The molecule has 1 aromatic rings. The van der Waals surface area contributed by atoms with Crippen molar-refractivity contribution < 1.29 is 13.2 Å². The summed E-state index contributed by atoms with van der Waals surface area (Å²) in [5.74, 6) is 0.682. The van der Waals surface area contributed by atoms with E-state index >= 15 is 0 Å². The van der Waals surface area contributed by atoms with Gasteiger partial charge in [0.05, 0.1) is 13.2 Å². The first-order chi connectivity index (χ1) is 7.90. The van der Waals surface area contributed by atoms with E-state index in [-0.39, 0.29) is 0 Å². The van der Waals surface area contributed by atoms with Gasteiger partial charge in [-0.05, 0) is 37.6 Å². The lowest BCUT2D eigenvalue weighted by Gasteiger charge is -2.11. The number of aryl methyl sites for hydroxylation is 1. The lowest BCUT2D eigenvalue weighted by atomic mass is 10.2. The number of ether oxygens (including phenoxy) is 1. The van der Waals surface area contributed by atoms with Crippen LogP contribution in [0, 0.1) is 18.3 Å². The van der Waals surface area contributed by atoms with Gasteiger partial charge in [-0.3, -0.25) is 4.72 Å². The molecular formula is C11H14N2O3S. The molecule has 0 spiro atoms. The van der Waals surface area contributed by atoms with Crippen molar-refractivity contribution >= 4 is 15.7 Å². The number of hydrogen-bond acceptors (Lipinski definition) is 4. The van der Waals surface area contributed by atoms with Crippen LogP contribution in [0.5, 0.6) is 5.75 Å². The number of anilines is 1. The Morgan fingerprint density at radius 2 is 2.12 bits per heavy atom. The zero-order valence-corrected chi connectivity index (χ0v) is 10.7. The first-order valence-corrected chi connectivity index (χ1v) is 6.51. The van der Waals surface area contributed by atoms with Gasteiger partial charge in [0.2, 0.25) is 10.0 Å². The van der Waals surface area contributed by atoms with Crippen LogP contribution < -0.4 is 9.46 Å². The quantitative estimate of drug-likeness (QED) is 0.886. The SMILES string of the molecule is COc1ccc(NS(=O)(=O)C(C)C#N)cc1C. The fraction of sp³-hybridized carbons (Fsp3) is 0.364. The van der Waals surface area contributed by atoms with Gasteiger partial charge in [0, 0.05) is 5.69 Å². The van der Waals surface area contributed by atoms with Crippen LogP contribution in [0.3, 0.4) is 0 Å². The van der Waals surface area contributed by atoms with Gasteiger partial charge < -0.3 is 4.74 Å². The van der Waals surface area contributed by atoms with Crippen molar-refractivity contribution in [2.75, 3.05) is 11.8 Å². The van der Waals surface area contributed by atoms with E-state index in [9.17, 15) is 8.42 Å². The minimum Gasteiger partial charge on any atom is -0.496 e. The second-order valence-corrected chi connectivity index (χ2v) is 5.60. The standard InChI is InChI=1S/C11H14N2O3S/c1-8-6-10(4-5-11(8)16-3)13-17(14,15)9(2)7-12/h4-6,9,13H,1-3H3. The number of benzene rings is 1. The lowest BCUT2D eigenvalue weighted by molar-refractivity contribution is 0.412. The van der Waals surface area contributed by atoms with Crippen LogP contribution in [0.25, 0.3) is 0 Å². The van der Waals surface area contributed by atoms with E-state index in [0.29, 0.717) is 11.4 Å². The third-order valence-corrected chi connectivity index (χ3v) is 3.86. The molecule has 0 bridgehead atoms. The maximum atomic E-state index is 11.6. The number of sulfonamides is 1. The zero-order chi connectivity index (χ0) is 13.1. The van der Waals surface area contributed by atoms with Gasteiger partial charge in [-0.2, -0.15) is 5.26 Å². The Bertz CT molecular complexity index is 546. The monoisotopic (exact) mass is 254 g/mol. The summed E-state index contributed by atoms with van der Waals surface area (Å²) in [6.07, 6.45) is 0. The van der Waals surface area contributed by atoms with Crippen LogP contribution in [0.2, 0.25) is 0 Å². The molecule has 0 amide bonds. The average Bonchev–Trinajstić information content (AvgIpc) is 2.27. The summed E-state index contributed by atoms with van der Waals surface area (Å²) in [6.45, 7) is 3.14. The van der Waals surface area contributed by atoms with Crippen molar-refractivity contribution in [2.45, 2.75) is 19.1 Å². The summed E-state index contributed by atoms with van der Waals surface area (Å²) in [5.41, 5.74) is 1.24. The molecule has 0 radical (unpaired) electrons. The molecule has 0 aliphatic heterocycles. The van der Waals surface area contributed by atoms with E-state index in [2.05, 4.69) is 4.72 Å². The van der Waals surface area contributed by atoms with Crippen molar-refractivity contribution in [3.63, 3.8) is 0 Å². The second-order valence-electron chi connectivity index (χ2n) is 3.60. The van der Waals surface area contributed by atoms with Gasteiger partial charge in [-0.1, -0.05) is 0 Å². The molecule has 0 heterocycles. The maximum Gasteiger partial charge on any atom is 0.248 e. The van der Waals surface area contributed by atoms with E-state index in [4.69, 9.17) is 10.00 Å². The Morgan fingerprint density at radius 3 is 2.59 bits per heavy atom. The fourth-order valence-electron chi connectivity index (χ4n) is 1.26. The van der Waals surface area contributed by atoms with Gasteiger partial charge in [0.25, 0.3) is 0 Å².